The molecule has 0 bridgehead atoms. The highest BCUT2D eigenvalue weighted by molar-refractivity contribution is 7.13. The van der Waals surface area contributed by atoms with E-state index in [9.17, 15) is 4.79 Å². The third kappa shape index (κ3) is 4.79. The number of carbonyl (C=O) groups excluding carboxylic acids is 1. The summed E-state index contributed by atoms with van der Waals surface area (Å²) in [5.41, 5.74) is 4.43. The summed E-state index contributed by atoms with van der Waals surface area (Å²) >= 11 is 1.57. The molecule has 5 nitrogen and oxygen atoms in total. The number of hydrogen-bond acceptors (Lipinski definition) is 5. The van der Waals surface area contributed by atoms with Crippen LogP contribution in [-0.4, -0.2) is 23.0 Å². The molecule has 2 aromatic heterocycles. The zero-order valence-corrected chi connectivity index (χ0v) is 17.1. The van der Waals surface area contributed by atoms with Gasteiger partial charge in [0.15, 0.2) is 0 Å². The van der Waals surface area contributed by atoms with E-state index >= 15 is 0 Å². The molecule has 0 fully saturated rings. The van der Waals surface area contributed by atoms with E-state index in [0.29, 0.717) is 5.69 Å². The van der Waals surface area contributed by atoms with Gasteiger partial charge in [-0.3, -0.25) is 9.78 Å². The van der Waals surface area contributed by atoms with Crippen LogP contribution in [0, 0.1) is 0 Å². The average Bonchev–Trinajstić information content (AvgIpc) is 3.29. The van der Waals surface area contributed by atoms with Gasteiger partial charge in [-0.25, -0.2) is 4.98 Å². The van der Waals surface area contributed by atoms with E-state index in [1.165, 1.54) is 6.08 Å². The quantitative estimate of drug-likeness (QED) is 0.422. The predicted octanol–water partition coefficient (Wildman–Crippen LogP) is 5.53. The summed E-state index contributed by atoms with van der Waals surface area (Å²) in [6.45, 7) is 0. The third-order valence-corrected chi connectivity index (χ3v) is 5.27. The minimum absolute atomic E-state index is 0.197. The van der Waals surface area contributed by atoms with Crippen LogP contribution in [0.4, 0.5) is 5.69 Å². The minimum Gasteiger partial charge on any atom is -0.497 e. The lowest BCUT2D eigenvalue weighted by molar-refractivity contribution is -0.111. The molecule has 4 rings (SSSR count). The number of pyridine rings is 1. The van der Waals surface area contributed by atoms with Gasteiger partial charge in [0, 0.05) is 40.7 Å². The molecule has 148 valence electrons. The largest absolute Gasteiger partial charge is 0.497 e. The maximum atomic E-state index is 12.3. The van der Waals surface area contributed by atoms with Crippen LogP contribution in [0.15, 0.2) is 84.5 Å². The molecule has 2 aromatic carbocycles. The molecule has 30 heavy (non-hydrogen) atoms. The smallest absolute Gasteiger partial charge is 0.248 e. The molecule has 0 unspecified atom stereocenters. The Morgan fingerprint density at radius 1 is 1.07 bits per heavy atom. The zero-order chi connectivity index (χ0) is 20.8. The topological polar surface area (TPSA) is 64.1 Å². The standard InChI is InChI=1S/C24H19N3O2S/c1-29-21-10-7-17(8-11-21)9-12-23(28)26-20-6-2-4-18(14-20)22-16-30-24(27-22)19-5-3-13-25-15-19/h2-16H,1H3,(H,26,28)/b12-9+. The van der Waals surface area contributed by atoms with Crippen molar-refractivity contribution in [3.8, 4) is 27.6 Å². The third-order valence-electron chi connectivity index (χ3n) is 4.38. The van der Waals surface area contributed by atoms with Crippen LogP contribution in [0.5, 0.6) is 5.75 Å². The van der Waals surface area contributed by atoms with Crippen molar-refractivity contribution in [2.45, 2.75) is 0 Å². The first kappa shape index (κ1) is 19.5. The fourth-order valence-corrected chi connectivity index (χ4v) is 3.68. The van der Waals surface area contributed by atoms with Crippen molar-refractivity contribution in [2.24, 2.45) is 0 Å². The van der Waals surface area contributed by atoms with Crippen molar-refractivity contribution in [3.05, 3.63) is 90.1 Å². The Morgan fingerprint density at radius 2 is 1.90 bits per heavy atom. The highest BCUT2D eigenvalue weighted by Gasteiger charge is 2.08. The average molecular weight is 414 g/mol. The van der Waals surface area contributed by atoms with E-state index in [1.807, 2.05) is 66.0 Å². The van der Waals surface area contributed by atoms with Gasteiger partial charge in [-0.15, -0.1) is 11.3 Å². The normalized spacial score (nSPS) is 10.8. The lowest BCUT2D eigenvalue weighted by Gasteiger charge is -2.04. The number of aromatic nitrogens is 2. The first-order valence-corrected chi connectivity index (χ1v) is 10.2. The van der Waals surface area contributed by atoms with Crippen LogP contribution in [0.1, 0.15) is 5.56 Å². The highest BCUT2D eigenvalue weighted by atomic mass is 32.1. The second-order valence-electron chi connectivity index (χ2n) is 6.46. The van der Waals surface area contributed by atoms with E-state index in [0.717, 1.165) is 33.1 Å². The van der Waals surface area contributed by atoms with Crippen LogP contribution in [-0.2, 0) is 4.79 Å². The molecular formula is C24H19N3O2S. The number of anilines is 1. The van der Waals surface area contributed by atoms with Gasteiger partial charge >= 0.3 is 0 Å². The number of hydrogen-bond donors (Lipinski definition) is 1. The Bertz CT molecular complexity index is 1170. The van der Waals surface area contributed by atoms with Crippen molar-refractivity contribution < 1.29 is 9.53 Å². The summed E-state index contributed by atoms with van der Waals surface area (Å²) in [5.74, 6) is 0.583. The summed E-state index contributed by atoms with van der Waals surface area (Å²) in [5, 5.41) is 5.82. The van der Waals surface area contributed by atoms with Gasteiger partial charge in [-0.05, 0) is 48.0 Å². The Kier molecular flexibility index (Phi) is 5.96. The van der Waals surface area contributed by atoms with Gasteiger partial charge in [0.05, 0.1) is 12.8 Å². The van der Waals surface area contributed by atoms with Crippen LogP contribution in [0.25, 0.3) is 27.9 Å². The summed E-state index contributed by atoms with van der Waals surface area (Å²) in [4.78, 5) is 21.1. The maximum absolute atomic E-state index is 12.3. The van der Waals surface area contributed by atoms with Crippen molar-refractivity contribution in [3.63, 3.8) is 0 Å². The number of methoxy groups -OCH3 is 1. The van der Waals surface area contributed by atoms with Crippen molar-refractivity contribution in [1.29, 1.82) is 0 Å². The number of rotatable bonds is 6. The molecule has 0 spiro atoms. The molecular weight excluding hydrogens is 394 g/mol. The number of nitrogens with one attached hydrogen (secondary N) is 1. The number of nitrogens with zero attached hydrogens (tertiary/aromatic N) is 2. The second kappa shape index (κ2) is 9.15. The Labute approximate surface area is 178 Å². The molecule has 1 N–H and O–H groups in total. The van der Waals surface area contributed by atoms with Gasteiger partial charge in [0.25, 0.3) is 0 Å². The Morgan fingerprint density at radius 3 is 2.67 bits per heavy atom. The SMILES string of the molecule is COc1ccc(/C=C/C(=O)Nc2cccc(-c3csc(-c4cccnc4)n3)c2)cc1. The molecule has 2 heterocycles. The minimum atomic E-state index is -0.197. The first-order chi connectivity index (χ1) is 14.7. The molecule has 4 aromatic rings. The molecule has 0 atom stereocenters. The summed E-state index contributed by atoms with van der Waals surface area (Å²) in [7, 11) is 1.62. The van der Waals surface area contributed by atoms with Crippen LogP contribution < -0.4 is 10.1 Å². The number of thiazole rings is 1. The number of benzene rings is 2. The molecule has 0 saturated carbocycles. The molecule has 0 radical (unpaired) electrons. The fourth-order valence-electron chi connectivity index (χ4n) is 2.86. The lowest BCUT2D eigenvalue weighted by atomic mass is 10.1. The highest BCUT2D eigenvalue weighted by Crippen LogP contribution is 2.29. The molecule has 0 aliphatic carbocycles. The van der Waals surface area contributed by atoms with Crippen LogP contribution in [0.2, 0.25) is 0 Å². The van der Waals surface area contributed by atoms with Gasteiger partial charge in [-0.1, -0.05) is 24.3 Å². The van der Waals surface area contributed by atoms with Gasteiger partial charge in [0.2, 0.25) is 5.91 Å². The zero-order valence-electron chi connectivity index (χ0n) is 16.3. The van der Waals surface area contributed by atoms with E-state index in [4.69, 9.17) is 9.72 Å². The van der Waals surface area contributed by atoms with Crippen molar-refractivity contribution in [2.75, 3.05) is 12.4 Å². The monoisotopic (exact) mass is 413 g/mol. The molecule has 1 amide bonds. The fraction of sp³-hybridized carbons (Fsp3) is 0.0417. The first-order valence-electron chi connectivity index (χ1n) is 9.31. The number of amides is 1. The van der Waals surface area contributed by atoms with E-state index in [-0.39, 0.29) is 5.91 Å². The Balaban J connectivity index is 1.45. The second-order valence-corrected chi connectivity index (χ2v) is 7.31. The maximum Gasteiger partial charge on any atom is 0.248 e. The van der Waals surface area contributed by atoms with Crippen molar-refractivity contribution >= 4 is 29.0 Å². The molecule has 6 heteroatoms. The van der Waals surface area contributed by atoms with Crippen LogP contribution in [0.3, 0.4) is 0 Å². The molecule has 0 aliphatic heterocycles. The van der Waals surface area contributed by atoms with Crippen LogP contribution >= 0.6 is 11.3 Å². The van der Waals surface area contributed by atoms with Crippen molar-refractivity contribution in [1.82, 2.24) is 9.97 Å². The summed E-state index contributed by atoms with van der Waals surface area (Å²) in [6.07, 6.45) is 6.82. The summed E-state index contributed by atoms with van der Waals surface area (Å²) in [6, 6.07) is 19.0. The van der Waals surface area contributed by atoms with Gasteiger partial charge in [0.1, 0.15) is 10.8 Å². The Hall–Kier alpha value is -3.77. The van der Waals surface area contributed by atoms with Gasteiger partial charge < -0.3 is 10.1 Å². The van der Waals surface area contributed by atoms with E-state index in [2.05, 4.69) is 10.3 Å². The summed E-state index contributed by atoms with van der Waals surface area (Å²) < 4.78 is 5.14. The number of ether oxygens (including phenoxy) is 1. The number of carbonyl (C=O) groups is 1. The van der Waals surface area contributed by atoms with E-state index < -0.39 is 0 Å². The molecule has 0 saturated heterocycles. The predicted molar refractivity (Wildman–Crippen MR) is 121 cm³/mol. The van der Waals surface area contributed by atoms with E-state index in [1.54, 1.807) is 36.9 Å². The lowest BCUT2D eigenvalue weighted by Crippen LogP contribution is -2.07. The van der Waals surface area contributed by atoms with Gasteiger partial charge in [-0.2, -0.15) is 0 Å². The molecule has 0 aliphatic rings.